The largest absolute Gasteiger partial charge is 0.472 e. The molecule has 0 bridgehead atoms. The number of allylic oxidation sites excluding steroid dienone is 2. The van der Waals surface area contributed by atoms with Gasteiger partial charge in [0.15, 0.2) is 0 Å². The molecule has 0 radical (unpaired) electrons. The molecule has 0 aromatic carbocycles. The van der Waals surface area contributed by atoms with E-state index in [0.29, 0.717) is 12.8 Å². The van der Waals surface area contributed by atoms with Gasteiger partial charge >= 0.3 is 27.6 Å². The Hall–Kier alpha value is -1.22. The zero-order valence-electron chi connectivity index (χ0n) is 37.1. The van der Waals surface area contributed by atoms with Crippen LogP contribution in [0, 0.1) is 0 Å². The van der Waals surface area contributed by atoms with Crippen molar-refractivity contribution in [3.8, 4) is 0 Å². The molecule has 5 unspecified atom stereocenters. The second-order valence-corrected chi connectivity index (χ2v) is 18.7. The Kier molecular flexibility index (Phi) is 39.7. The summed E-state index contributed by atoms with van der Waals surface area (Å²) < 4.78 is 52.9. The van der Waals surface area contributed by atoms with E-state index >= 15 is 0 Å². The van der Waals surface area contributed by atoms with Gasteiger partial charge in [-0.25, -0.2) is 9.13 Å². The van der Waals surface area contributed by atoms with Crippen LogP contribution in [-0.2, 0) is 46.3 Å². The molecular weight excluding hydrogens is 818 g/mol. The maximum absolute atomic E-state index is 12.1. The second-order valence-electron chi connectivity index (χ2n) is 15.8. The first kappa shape index (κ1) is 58.8. The molecular formula is C43H84O15P2. The van der Waals surface area contributed by atoms with E-state index in [-0.39, 0.29) is 12.8 Å². The minimum atomic E-state index is -4.78. The van der Waals surface area contributed by atoms with Crippen LogP contribution in [0.4, 0.5) is 0 Å². The van der Waals surface area contributed by atoms with Crippen molar-refractivity contribution in [3.63, 3.8) is 0 Å². The molecule has 15 nitrogen and oxygen atoms in total. The van der Waals surface area contributed by atoms with Gasteiger partial charge in [-0.2, -0.15) is 0 Å². The van der Waals surface area contributed by atoms with Crippen molar-refractivity contribution in [2.75, 3.05) is 39.6 Å². The van der Waals surface area contributed by atoms with Gasteiger partial charge in [0.1, 0.15) is 31.5 Å². The number of esters is 2. The topological polar surface area (TPSA) is 225 Å². The summed E-state index contributed by atoms with van der Waals surface area (Å²) in [6.07, 6.45) is 30.6. The SMILES string of the molecule is CCCCCCCC/C=C\CCCCCC(=O)OCC(O)COP(=O)(O)OCC(O)COP(=O)(O)OCC(O)COC(=O)CCCCCCCCCCCCCCCCC. The zero-order chi connectivity index (χ0) is 44.6. The fraction of sp³-hybridized carbons (Fsp3) is 0.907. The standard InChI is InChI=1S/C43H84O15P2/c1-3-5-7-9-11-13-15-17-18-20-22-24-26-28-30-32-43(48)54-34-40(45)36-56-60(51,52)58-38-41(46)37-57-59(49,50)55-35-39(44)33-53-42(47)31-29-27-25-23-21-19-16-14-12-10-8-6-4-2/h19,21,39-41,44-46H,3-18,20,22-38H2,1-2H3,(H,49,50)(H,51,52)/b21-19-. The van der Waals surface area contributed by atoms with Gasteiger partial charge in [-0.3, -0.25) is 27.7 Å². The number of hydrogen-bond donors (Lipinski definition) is 5. The molecule has 0 rings (SSSR count). The molecule has 60 heavy (non-hydrogen) atoms. The molecule has 0 spiro atoms. The maximum Gasteiger partial charge on any atom is 0.472 e. The van der Waals surface area contributed by atoms with Gasteiger partial charge in [0.2, 0.25) is 0 Å². The lowest BCUT2D eigenvalue weighted by atomic mass is 10.0. The van der Waals surface area contributed by atoms with Crippen molar-refractivity contribution >= 4 is 27.6 Å². The van der Waals surface area contributed by atoms with Crippen LogP contribution in [-0.4, -0.2) is 95.0 Å². The molecule has 0 amide bonds. The Morgan fingerprint density at radius 2 is 0.667 bits per heavy atom. The monoisotopic (exact) mass is 903 g/mol. The summed E-state index contributed by atoms with van der Waals surface area (Å²) in [5.74, 6) is -1.00. The van der Waals surface area contributed by atoms with Gasteiger partial charge < -0.3 is 34.6 Å². The number of aliphatic hydroxyl groups excluding tert-OH is 3. The molecule has 0 aromatic rings. The highest BCUT2D eigenvalue weighted by atomic mass is 31.2. The summed E-state index contributed by atoms with van der Waals surface area (Å²) in [6, 6.07) is 0. The minimum absolute atomic E-state index is 0.179. The number of carbonyl (C=O) groups excluding carboxylic acids is 2. The molecule has 0 aliphatic carbocycles. The molecule has 0 heterocycles. The minimum Gasteiger partial charge on any atom is -0.463 e. The maximum atomic E-state index is 12.1. The molecule has 17 heteroatoms. The number of aliphatic hydroxyl groups is 3. The van der Waals surface area contributed by atoms with Crippen molar-refractivity contribution in [2.24, 2.45) is 0 Å². The lowest BCUT2D eigenvalue weighted by Gasteiger charge is -2.19. The van der Waals surface area contributed by atoms with Crippen molar-refractivity contribution in [3.05, 3.63) is 12.2 Å². The molecule has 0 aliphatic rings. The predicted octanol–water partition coefficient (Wildman–Crippen LogP) is 9.94. The first-order chi connectivity index (χ1) is 28.8. The van der Waals surface area contributed by atoms with Crippen LogP contribution in [0.3, 0.4) is 0 Å². The summed E-state index contributed by atoms with van der Waals surface area (Å²) in [5, 5.41) is 30.0. The Morgan fingerprint density at radius 3 is 0.983 bits per heavy atom. The van der Waals surface area contributed by atoms with E-state index in [1.54, 1.807) is 0 Å². The number of hydrogen-bond acceptors (Lipinski definition) is 13. The Bertz CT molecular complexity index is 1140. The fourth-order valence-corrected chi connectivity index (χ4v) is 7.68. The molecule has 0 aromatic heterocycles. The lowest BCUT2D eigenvalue weighted by Crippen LogP contribution is -2.25. The molecule has 0 saturated carbocycles. The molecule has 5 atom stereocenters. The van der Waals surface area contributed by atoms with E-state index in [1.807, 2.05) is 0 Å². The quantitative estimate of drug-likeness (QED) is 0.0166. The molecule has 356 valence electrons. The van der Waals surface area contributed by atoms with Crippen LogP contribution in [0.5, 0.6) is 0 Å². The van der Waals surface area contributed by atoms with E-state index in [4.69, 9.17) is 9.47 Å². The summed E-state index contributed by atoms with van der Waals surface area (Å²) in [4.78, 5) is 43.6. The number of rotatable bonds is 45. The number of phosphoric acid groups is 2. The normalized spacial score (nSPS) is 15.4. The predicted molar refractivity (Wildman–Crippen MR) is 233 cm³/mol. The average Bonchev–Trinajstić information content (AvgIpc) is 3.22. The molecule has 0 aliphatic heterocycles. The van der Waals surface area contributed by atoms with E-state index < -0.39 is 85.5 Å². The van der Waals surface area contributed by atoms with Crippen molar-refractivity contribution < 1.29 is 71.4 Å². The third-order valence-corrected chi connectivity index (χ3v) is 11.6. The van der Waals surface area contributed by atoms with Crippen molar-refractivity contribution in [2.45, 2.75) is 212 Å². The Morgan fingerprint density at radius 1 is 0.417 bits per heavy atom. The first-order valence-corrected chi connectivity index (χ1v) is 26.0. The number of phosphoric ester groups is 2. The van der Waals surface area contributed by atoms with Crippen molar-refractivity contribution in [1.82, 2.24) is 0 Å². The van der Waals surface area contributed by atoms with Crippen LogP contribution in [0.1, 0.15) is 194 Å². The van der Waals surface area contributed by atoms with E-state index in [9.17, 15) is 43.8 Å². The summed E-state index contributed by atoms with van der Waals surface area (Å²) in [5.41, 5.74) is 0. The summed E-state index contributed by atoms with van der Waals surface area (Å²) >= 11 is 0. The average molecular weight is 903 g/mol. The summed E-state index contributed by atoms with van der Waals surface area (Å²) in [7, 11) is -9.56. The van der Waals surface area contributed by atoms with Crippen LogP contribution in [0.25, 0.3) is 0 Å². The number of unbranched alkanes of at least 4 members (excludes halogenated alkanes) is 23. The Labute approximate surface area is 361 Å². The van der Waals surface area contributed by atoms with Crippen LogP contribution in [0.15, 0.2) is 12.2 Å². The molecule has 5 N–H and O–H groups in total. The van der Waals surface area contributed by atoms with E-state index in [1.165, 1.54) is 109 Å². The van der Waals surface area contributed by atoms with Crippen LogP contribution in [0.2, 0.25) is 0 Å². The molecule has 0 fully saturated rings. The van der Waals surface area contributed by atoms with Gasteiger partial charge in [-0.15, -0.1) is 0 Å². The number of carbonyl (C=O) groups is 2. The highest BCUT2D eigenvalue weighted by molar-refractivity contribution is 7.47. The number of ether oxygens (including phenoxy) is 2. The van der Waals surface area contributed by atoms with Gasteiger partial charge in [-0.1, -0.05) is 154 Å². The van der Waals surface area contributed by atoms with Crippen molar-refractivity contribution in [1.29, 1.82) is 0 Å². The van der Waals surface area contributed by atoms with Gasteiger partial charge in [0, 0.05) is 12.8 Å². The van der Waals surface area contributed by atoms with E-state index in [0.717, 1.165) is 44.9 Å². The lowest BCUT2D eigenvalue weighted by molar-refractivity contribution is -0.148. The van der Waals surface area contributed by atoms with Gasteiger partial charge in [0.05, 0.1) is 26.4 Å². The molecule has 0 saturated heterocycles. The summed E-state index contributed by atoms with van der Waals surface area (Å²) in [6.45, 7) is 0.411. The van der Waals surface area contributed by atoms with Gasteiger partial charge in [0.25, 0.3) is 0 Å². The third-order valence-electron chi connectivity index (χ3n) is 9.72. The highest BCUT2D eigenvalue weighted by Gasteiger charge is 2.28. The smallest absolute Gasteiger partial charge is 0.463 e. The Balaban J connectivity index is 3.90. The van der Waals surface area contributed by atoms with Gasteiger partial charge in [-0.05, 0) is 38.5 Å². The third kappa shape index (κ3) is 42.1. The van der Waals surface area contributed by atoms with Crippen LogP contribution >= 0.6 is 15.6 Å². The van der Waals surface area contributed by atoms with E-state index in [2.05, 4.69) is 44.1 Å². The highest BCUT2D eigenvalue weighted by Crippen LogP contribution is 2.45. The second kappa shape index (κ2) is 40.5. The van der Waals surface area contributed by atoms with Crippen LogP contribution < -0.4 is 0 Å². The first-order valence-electron chi connectivity index (χ1n) is 23.0. The zero-order valence-corrected chi connectivity index (χ0v) is 38.9. The fourth-order valence-electron chi connectivity index (χ4n) is 6.09.